The SMILES string of the molecule is Cc1cc(NC/C=C/CO)c2cc(Br)cc(C)c2n1. The molecule has 0 atom stereocenters. The Hall–Kier alpha value is -1.39. The van der Waals surface area contributed by atoms with E-state index in [1.165, 1.54) is 0 Å². The predicted molar refractivity (Wildman–Crippen MR) is 83.6 cm³/mol. The van der Waals surface area contributed by atoms with Gasteiger partial charge in [-0.3, -0.25) is 4.98 Å². The molecule has 0 amide bonds. The van der Waals surface area contributed by atoms with E-state index in [1.807, 2.05) is 19.1 Å². The van der Waals surface area contributed by atoms with Crippen molar-refractivity contribution in [3.63, 3.8) is 0 Å². The van der Waals surface area contributed by atoms with Crippen molar-refractivity contribution in [1.29, 1.82) is 0 Å². The lowest BCUT2D eigenvalue weighted by Crippen LogP contribution is -2.01. The molecule has 0 aliphatic rings. The average molecular weight is 321 g/mol. The minimum absolute atomic E-state index is 0.0719. The summed E-state index contributed by atoms with van der Waals surface area (Å²) in [4.78, 5) is 4.60. The summed E-state index contributed by atoms with van der Waals surface area (Å²) in [6.45, 7) is 4.82. The van der Waals surface area contributed by atoms with E-state index in [1.54, 1.807) is 6.08 Å². The number of aromatic nitrogens is 1. The van der Waals surface area contributed by atoms with Crippen LogP contribution in [0, 0.1) is 13.8 Å². The lowest BCUT2D eigenvalue weighted by Gasteiger charge is -2.11. The Bertz CT molecular complexity index is 623. The minimum Gasteiger partial charge on any atom is -0.392 e. The Kier molecular flexibility index (Phi) is 4.56. The number of halogens is 1. The molecule has 0 aliphatic carbocycles. The van der Waals surface area contributed by atoms with Crippen LogP contribution in [0.15, 0.2) is 34.8 Å². The first-order valence-corrected chi connectivity index (χ1v) is 6.98. The van der Waals surface area contributed by atoms with E-state index in [4.69, 9.17) is 5.11 Å². The van der Waals surface area contributed by atoms with Crippen molar-refractivity contribution in [1.82, 2.24) is 4.98 Å². The molecule has 19 heavy (non-hydrogen) atoms. The first-order valence-electron chi connectivity index (χ1n) is 6.19. The lowest BCUT2D eigenvalue weighted by atomic mass is 10.1. The van der Waals surface area contributed by atoms with E-state index in [-0.39, 0.29) is 6.61 Å². The number of anilines is 1. The molecular weight excluding hydrogens is 304 g/mol. The summed E-state index contributed by atoms with van der Waals surface area (Å²) in [5, 5.41) is 13.2. The highest BCUT2D eigenvalue weighted by Crippen LogP contribution is 2.29. The largest absolute Gasteiger partial charge is 0.392 e. The zero-order valence-corrected chi connectivity index (χ0v) is 12.7. The van der Waals surface area contributed by atoms with Gasteiger partial charge in [0.2, 0.25) is 0 Å². The molecule has 0 saturated heterocycles. The maximum atomic E-state index is 8.72. The van der Waals surface area contributed by atoms with Gasteiger partial charge in [0.25, 0.3) is 0 Å². The second kappa shape index (κ2) is 6.17. The molecule has 2 N–H and O–H groups in total. The summed E-state index contributed by atoms with van der Waals surface area (Å²) in [5.74, 6) is 0. The van der Waals surface area contributed by atoms with Gasteiger partial charge in [-0.1, -0.05) is 28.1 Å². The lowest BCUT2D eigenvalue weighted by molar-refractivity contribution is 0.342. The molecule has 0 spiro atoms. The molecule has 0 bridgehead atoms. The summed E-state index contributed by atoms with van der Waals surface area (Å²) < 4.78 is 1.05. The number of rotatable bonds is 4. The van der Waals surface area contributed by atoms with E-state index in [2.05, 4.69) is 45.3 Å². The number of aryl methyl sites for hydroxylation is 2. The number of nitrogens with one attached hydrogen (secondary N) is 1. The monoisotopic (exact) mass is 320 g/mol. The van der Waals surface area contributed by atoms with Gasteiger partial charge in [0.05, 0.1) is 12.1 Å². The van der Waals surface area contributed by atoms with Crippen LogP contribution in [0.25, 0.3) is 10.9 Å². The van der Waals surface area contributed by atoms with E-state index in [0.717, 1.165) is 32.3 Å². The van der Waals surface area contributed by atoms with Gasteiger partial charge in [-0.15, -0.1) is 0 Å². The molecule has 0 aliphatic heterocycles. The Morgan fingerprint density at radius 1 is 1.26 bits per heavy atom. The predicted octanol–water partition coefficient (Wildman–Crippen LogP) is 3.57. The molecule has 1 heterocycles. The molecule has 0 fully saturated rings. The average Bonchev–Trinajstić information content (AvgIpc) is 2.36. The maximum absolute atomic E-state index is 8.72. The second-order valence-corrected chi connectivity index (χ2v) is 5.38. The van der Waals surface area contributed by atoms with Gasteiger partial charge in [-0.25, -0.2) is 0 Å². The van der Waals surface area contributed by atoms with Gasteiger partial charge in [-0.2, -0.15) is 0 Å². The highest BCUT2D eigenvalue weighted by Gasteiger charge is 2.07. The van der Waals surface area contributed by atoms with Crippen molar-refractivity contribution in [2.24, 2.45) is 0 Å². The van der Waals surface area contributed by atoms with Crippen LogP contribution in [-0.4, -0.2) is 23.2 Å². The van der Waals surface area contributed by atoms with Crippen LogP contribution in [0.1, 0.15) is 11.3 Å². The third-order valence-corrected chi connectivity index (χ3v) is 3.34. The fourth-order valence-electron chi connectivity index (χ4n) is 2.06. The fourth-order valence-corrected chi connectivity index (χ4v) is 2.63. The highest BCUT2D eigenvalue weighted by atomic mass is 79.9. The minimum atomic E-state index is 0.0719. The molecule has 0 unspecified atom stereocenters. The van der Waals surface area contributed by atoms with Crippen molar-refractivity contribution in [3.8, 4) is 0 Å². The van der Waals surface area contributed by atoms with E-state index in [0.29, 0.717) is 6.54 Å². The highest BCUT2D eigenvalue weighted by molar-refractivity contribution is 9.10. The number of hydrogen-bond donors (Lipinski definition) is 2. The topological polar surface area (TPSA) is 45.1 Å². The van der Waals surface area contributed by atoms with Crippen molar-refractivity contribution in [2.45, 2.75) is 13.8 Å². The molecule has 4 heteroatoms. The van der Waals surface area contributed by atoms with E-state index >= 15 is 0 Å². The Labute approximate surface area is 121 Å². The number of aliphatic hydroxyl groups excluding tert-OH is 1. The molecule has 1 aromatic carbocycles. The molecule has 3 nitrogen and oxygen atoms in total. The van der Waals surface area contributed by atoms with Crippen LogP contribution in [0.2, 0.25) is 0 Å². The second-order valence-electron chi connectivity index (χ2n) is 4.46. The van der Waals surface area contributed by atoms with Gasteiger partial charge >= 0.3 is 0 Å². The van der Waals surface area contributed by atoms with Gasteiger partial charge in [-0.05, 0) is 37.6 Å². The summed E-state index contributed by atoms with van der Waals surface area (Å²) in [6, 6.07) is 6.19. The fraction of sp³-hybridized carbons (Fsp3) is 0.267. The van der Waals surface area contributed by atoms with Crippen LogP contribution in [0.5, 0.6) is 0 Å². The number of aliphatic hydroxyl groups is 1. The maximum Gasteiger partial charge on any atom is 0.0755 e. The van der Waals surface area contributed by atoms with Gasteiger partial charge < -0.3 is 10.4 Å². The third-order valence-electron chi connectivity index (χ3n) is 2.88. The Morgan fingerprint density at radius 3 is 2.79 bits per heavy atom. The first-order chi connectivity index (χ1) is 9.11. The van der Waals surface area contributed by atoms with Crippen molar-refractivity contribution < 1.29 is 5.11 Å². The molecule has 1 aromatic heterocycles. The zero-order chi connectivity index (χ0) is 13.8. The zero-order valence-electron chi connectivity index (χ0n) is 11.1. The van der Waals surface area contributed by atoms with E-state index < -0.39 is 0 Å². The molecule has 2 rings (SSSR count). The van der Waals surface area contributed by atoms with Crippen LogP contribution >= 0.6 is 15.9 Å². The van der Waals surface area contributed by atoms with Crippen molar-refractivity contribution >= 4 is 32.5 Å². The molecule has 0 radical (unpaired) electrons. The normalized spacial score (nSPS) is 11.4. The summed E-state index contributed by atoms with van der Waals surface area (Å²) in [5.41, 5.74) is 4.24. The molecular formula is C15H17BrN2O. The molecule has 2 aromatic rings. The quantitative estimate of drug-likeness (QED) is 0.846. The van der Waals surface area contributed by atoms with Crippen molar-refractivity contribution in [2.75, 3.05) is 18.5 Å². The smallest absolute Gasteiger partial charge is 0.0755 e. The Morgan fingerprint density at radius 2 is 2.05 bits per heavy atom. The summed E-state index contributed by atoms with van der Waals surface area (Å²) in [7, 11) is 0. The number of hydrogen-bond acceptors (Lipinski definition) is 3. The van der Waals surface area contributed by atoms with Crippen LogP contribution in [0.4, 0.5) is 5.69 Å². The number of pyridine rings is 1. The summed E-state index contributed by atoms with van der Waals surface area (Å²) >= 11 is 3.53. The summed E-state index contributed by atoms with van der Waals surface area (Å²) in [6.07, 6.45) is 3.64. The van der Waals surface area contributed by atoms with Crippen LogP contribution in [0.3, 0.4) is 0 Å². The number of benzene rings is 1. The molecule has 0 saturated carbocycles. The van der Waals surface area contributed by atoms with Gasteiger partial charge in [0.1, 0.15) is 0 Å². The van der Waals surface area contributed by atoms with Crippen LogP contribution < -0.4 is 5.32 Å². The number of nitrogens with zero attached hydrogens (tertiary/aromatic N) is 1. The van der Waals surface area contributed by atoms with Crippen molar-refractivity contribution in [3.05, 3.63) is 46.1 Å². The standard InChI is InChI=1S/C15H17BrN2O/c1-10-7-12(16)9-13-14(17-5-3-4-6-19)8-11(2)18-15(10)13/h3-4,7-9,19H,5-6H2,1-2H3,(H,17,18)/b4-3+. The Balaban J connectivity index is 2.44. The van der Waals surface area contributed by atoms with Gasteiger partial charge in [0.15, 0.2) is 0 Å². The first kappa shape index (κ1) is 14.0. The van der Waals surface area contributed by atoms with E-state index in [9.17, 15) is 0 Å². The van der Waals surface area contributed by atoms with Crippen LogP contribution in [-0.2, 0) is 0 Å². The third kappa shape index (κ3) is 3.33. The number of fused-ring (bicyclic) bond motifs is 1. The molecule has 100 valence electrons. The van der Waals surface area contributed by atoms with Gasteiger partial charge in [0, 0.05) is 27.8 Å².